The van der Waals surface area contributed by atoms with Gasteiger partial charge >= 0.3 is 0 Å². The van der Waals surface area contributed by atoms with E-state index in [9.17, 15) is 0 Å². The number of rotatable bonds is 1. The predicted octanol–water partition coefficient (Wildman–Crippen LogP) is 3.25. The number of aromatic nitrogens is 1. The summed E-state index contributed by atoms with van der Waals surface area (Å²) in [6.45, 7) is 4.05. The topological polar surface area (TPSA) is 26.0 Å². The third-order valence-corrected chi connectivity index (χ3v) is 1.72. The fourth-order valence-electron chi connectivity index (χ4n) is 1.20. The van der Waals surface area contributed by atoms with E-state index in [1.807, 2.05) is 44.2 Å². The van der Waals surface area contributed by atoms with Crippen LogP contribution in [0.2, 0.25) is 0 Å². The van der Waals surface area contributed by atoms with E-state index < -0.39 is 0 Å². The van der Waals surface area contributed by atoms with Crippen LogP contribution in [0.5, 0.6) is 0 Å². The average Bonchev–Trinajstić information content (AvgIpc) is 2.44. The lowest BCUT2D eigenvalue weighted by Crippen LogP contribution is -1.70. The maximum Gasteiger partial charge on any atom is 0.219 e. The molecular weight excluding hydrogens is 162 g/mol. The Kier molecular flexibility index (Phi) is 1.89. The van der Waals surface area contributed by atoms with Crippen LogP contribution in [-0.2, 0) is 0 Å². The molecule has 0 bridgehead atoms. The highest BCUT2D eigenvalue weighted by molar-refractivity contribution is 5.73. The molecule has 0 saturated carbocycles. The highest BCUT2D eigenvalue weighted by atomic mass is 16.3. The van der Waals surface area contributed by atoms with Gasteiger partial charge in [-0.25, -0.2) is 4.98 Å². The molecule has 2 nitrogen and oxygen atoms in total. The summed E-state index contributed by atoms with van der Waals surface area (Å²) in [6, 6.07) is 7.77. The van der Waals surface area contributed by atoms with Gasteiger partial charge in [0.15, 0.2) is 5.58 Å². The van der Waals surface area contributed by atoms with E-state index in [-0.39, 0.29) is 0 Å². The first-order chi connectivity index (χ1) is 6.25. The number of fused-ring (bicyclic) bond motifs is 1. The molecule has 0 aliphatic heterocycles. The number of para-hydroxylation sites is 2. The van der Waals surface area contributed by atoms with E-state index in [1.165, 1.54) is 5.57 Å². The van der Waals surface area contributed by atoms with Crippen LogP contribution < -0.4 is 0 Å². The van der Waals surface area contributed by atoms with E-state index >= 15 is 0 Å². The molecule has 0 aliphatic rings. The first kappa shape index (κ1) is 8.05. The van der Waals surface area contributed by atoms with Crippen LogP contribution in [0.25, 0.3) is 17.2 Å². The van der Waals surface area contributed by atoms with E-state index in [2.05, 4.69) is 4.98 Å². The zero-order valence-corrected chi connectivity index (χ0v) is 7.74. The van der Waals surface area contributed by atoms with Crippen molar-refractivity contribution in [1.82, 2.24) is 4.98 Å². The molecule has 0 atom stereocenters. The summed E-state index contributed by atoms with van der Waals surface area (Å²) in [6.07, 6.45) is 1.93. The molecule has 0 unspecified atom stereocenters. The van der Waals surface area contributed by atoms with Crippen molar-refractivity contribution in [2.24, 2.45) is 0 Å². The van der Waals surface area contributed by atoms with Crippen LogP contribution in [0.1, 0.15) is 19.7 Å². The lowest BCUT2D eigenvalue weighted by atomic mass is 10.3. The van der Waals surface area contributed by atoms with Gasteiger partial charge in [0, 0.05) is 0 Å². The number of nitrogens with zero attached hydrogens (tertiary/aromatic N) is 1. The molecule has 0 radical (unpaired) electrons. The lowest BCUT2D eigenvalue weighted by molar-refractivity contribution is 0.589. The van der Waals surface area contributed by atoms with Crippen molar-refractivity contribution in [1.29, 1.82) is 0 Å². The minimum absolute atomic E-state index is 0.682. The molecule has 0 spiro atoms. The molecule has 2 heteroatoms. The highest BCUT2D eigenvalue weighted by Crippen LogP contribution is 2.16. The monoisotopic (exact) mass is 173 g/mol. The fourth-order valence-corrected chi connectivity index (χ4v) is 1.20. The molecule has 1 aromatic carbocycles. The van der Waals surface area contributed by atoms with Crippen LogP contribution in [0.4, 0.5) is 0 Å². The van der Waals surface area contributed by atoms with Crippen LogP contribution in [0.15, 0.2) is 34.3 Å². The second-order valence-corrected chi connectivity index (χ2v) is 3.24. The first-order valence-electron chi connectivity index (χ1n) is 4.26. The summed E-state index contributed by atoms with van der Waals surface area (Å²) in [5.41, 5.74) is 2.94. The molecule has 0 saturated heterocycles. The molecule has 2 aromatic rings. The Balaban J connectivity index is 2.56. The van der Waals surface area contributed by atoms with Gasteiger partial charge < -0.3 is 4.42 Å². The third kappa shape index (κ3) is 1.61. The summed E-state index contributed by atoms with van der Waals surface area (Å²) in [5, 5.41) is 0. The lowest BCUT2D eigenvalue weighted by Gasteiger charge is -1.83. The molecule has 13 heavy (non-hydrogen) atoms. The van der Waals surface area contributed by atoms with Crippen molar-refractivity contribution in [3.63, 3.8) is 0 Å². The number of allylic oxidation sites excluding steroid dienone is 1. The third-order valence-electron chi connectivity index (χ3n) is 1.72. The quantitative estimate of drug-likeness (QED) is 0.661. The number of oxazole rings is 1. The van der Waals surface area contributed by atoms with Crippen molar-refractivity contribution < 1.29 is 4.42 Å². The predicted molar refractivity (Wildman–Crippen MR) is 53.3 cm³/mol. The van der Waals surface area contributed by atoms with E-state index in [0.29, 0.717) is 5.89 Å². The molecule has 0 N–H and O–H groups in total. The Morgan fingerprint density at radius 2 is 2.08 bits per heavy atom. The second kappa shape index (κ2) is 3.05. The van der Waals surface area contributed by atoms with Gasteiger partial charge in [-0.05, 0) is 32.1 Å². The average molecular weight is 173 g/mol. The number of hydrogen-bond acceptors (Lipinski definition) is 2. The molecule has 1 aromatic heterocycles. The highest BCUT2D eigenvalue weighted by Gasteiger charge is 2.00. The smallest absolute Gasteiger partial charge is 0.219 e. The normalized spacial score (nSPS) is 10.3. The summed E-state index contributed by atoms with van der Waals surface area (Å²) in [5.74, 6) is 0.682. The largest absolute Gasteiger partial charge is 0.437 e. The SMILES string of the molecule is CC(C)=Cc1nc2ccccc2o1. The van der Waals surface area contributed by atoms with E-state index in [1.54, 1.807) is 0 Å². The maximum absolute atomic E-state index is 5.49. The molecule has 0 fully saturated rings. The second-order valence-electron chi connectivity index (χ2n) is 3.24. The van der Waals surface area contributed by atoms with Gasteiger partial charge in [-0.15, -0.1) is 0 Å². The van der Waals surface area contributed by atoms with Crippen molar-refractivity contribution in [2.75, 3.05) is 0 Å². The van der Waals surface area contributed by atoms with E-state index in [4.69, 9.17) is 4.42 Å². The Labute approximate surface area is 76.9 Å². The first-order valence-corrected chi connectivity index (χ1v) is 4.26. The van der Waals surface area contributed by atoms with Gasteiger partial charge in [0.05, 0.1) is 0 Å². The van der Waals surface area contributed by atoms with E-state index in [0.717, 1.165) is 11.1 Å². The molecular formula is C11H11NO. The Bertz CT molecular complexity index is 417. The van der Waals surface area contributed by atoms with Gasteiger partial charge in [0.2, 0.25) is 5.89 Å². The van der Waals surface area contributed by atoms with Crippen molar-refractivity contribution in [3.05, 3.63) is 35.7 Å². The molecule has 2 rings (SSSR count). The summed E-state index contributed by atoms with van der Waals surface area (Å²) in [4.78, 5) is 4.31. The van der Waals surface area contributed by atoms with Crippen molar-refractivity contribution in [3.8, 4) is 0 Å². The molecule has 1 heterocycles. The zero-order valence-electron chi connectivity index (χ0n) is 7.74. The number of hydrogen-bond donors (Lipinski definition) is 0. The Morgan fingerprint density at radius 1 is 1.31 bits per heavy atom. The Morgan fingerprint density at radius 3 is 2.77 bits per heavy atom. The molecule has 0 amide bonds. The van der Waals surface area contributed by atoms with Crippen molar-refractivity contribution in [2.45, 2.75) is 13.8 Å². The number of benzene rings is 1. The zero-order chi connectivity index (χ0) is 9.26. The van der Waals surface area contributed by atoms with Gasteiger partial charge in [0.25, 0.3) is 0 Å². The van der Waals surface area contributed by atoms with Gasteiger partial charge in [0.1, 0.15) is 5.52 Å². The van der Waals surface area contributed by atoms with Crippen LogP contribution in [-0.4, -0.2) is 4.98 Å². The van der Waals surface area contributed by atoms with Crippen LogP contribution in [0.3, 0.4) is 0 Å². The fraction of sp³-hybridized carbons (Fsp3) is 0.182. The van der Waals surface area contributed by atoms with Crippen molar-refractivity contribution >= 4 is 17.2 Å². The summed E-state index contributed by atoms with van der Waals surface area (Å²) in [7, 11) is 0. The maximum atomic E-state index is 5.49. The summed E-state index contributed by atoms with van der Waals surface area (Å²) >= 11 is 0. The van der Waals surface area contributed by atoms with Gasteiger partial charge in [-0.3, -0.25) is 0 Å². The standard InChI is InChI=1S/C11H11NO/c1-8(2)7-11-12-9-5-3-4-6-10(9)13-11/h3-7H,1-2H3. The van der Waals surface area contributed by atoms with Crippen LogP contribution in [0, 0.1) is 0 Å². The van der Waals surface area contributed by atoms with Gasteiger partial charge in [-0.1, -0.05) is 17.7 Å². The minimum Gasteiger partial charge on any atom is -0.437 e. The minimum atomic E-state index is 0.682. The van der Waals surface area contributed by atoms with Gasteiger partial charge in [-0.2, -0.15) is 0 Å². The Hall–Kier alpha value is -1.57. The van der Waals surface area contributed by atoms with Crippen LogP contribution >= 0.6 is 0 Å². The molecule has 0 aliphatic carbocycles. The summed E-state index contributed by atoms with van der Waals surface area (Å²) < 4.78 is 5.49. The molecule has 66 valence electrons.